The molecule has 1 aromatic heterocycles. The second kappa shape index (κ2) is 3.87. The molecule has 0 fully saturated rings. The Hall–Kier alpha value is -0.610. The van der Waals surface area contributed by atoms with Crippen molar-refractivity contribution in [3.05, 3.63) is 24.4 Å². The minimum absolute atomic E-state index is 0.0639. The molecule has 0 N–H and O–H groups in total. The zero-order chi connectivity index (χ0) is 9.03. The Morgan fingerprint density at radius 1 is 1.42 bits per heavy atom. The van der Waals surface area contributed by atoms with Gasteiger partial charge in [0.25, 0.3) is 0 Å². The SMILES string of the molecule is O=S(=O)(CCCl)c1ccccn1. The molecule has 66 valence electrons. The van der Waals surface area contributed by atoms with E-state index in [0.29, 0.717) is 0 Å². The summed E-state index contributed by atoms with van der Waals surface area (Å²) >= 11 is 5.33. The molecule has 0 aliphatic heterocycles. The minimum atomic E-state index is -3.25. The first-order chi connectivity index (χ1) is 5.67. The second-order valence-corrected chi connectivity index (χ2v) is 4.61. The van der Waals surface area contributed by atoms with Crippen molar-refractivity contribution in [2.24, 2.45) is 0 Å². The van der Waals surface area contributed by atoms with Gasteiger partial charge in [-0.1, -0.05) is 6.07 Å². The van der Waals surface area contributed by atoms with Crippen molar-refractivity contribution in [1.29, 1.82) is 0 Å². The van der Waals surface area contributed by atoms with Crippen LogP contribution in [-0.2, 0) is 9.84 Å². The monoisotopic (exact) mass is 205 g/mol. The molecule has 0 aromatic carbocycles. The predicted molar refractivity (Wildman–Crippen MR) is 47.0 cm³/mol. The third kappa shape index (κ3) is 2.19. The molecule has 0 bridgehead atoms. The highest BCUT2D eigenvalue weighted by Crippen LogP contribution is 2.06. The Labute approximate surface area is 76.3 Å². The lowest BCUT2D eigenvalue weighted by Crippen LogP contribution is -2.09. The Kier molecular flexibility index (Phi) is 3.05. The standard InChI is InChI=1S/C7H8ClNO2S/c8-4-6-12(10,11)7-3-1-2-5-9-7/h1-3,5H,4,6H2. The lowest BCUT2D eigenvalue weighted by molar-refractivity contribution is 0.594. The van der Waals surface area contributed by atoms with Crippen LogP contribution in [0.25, 0.3) is 0 Å². The molecule has 0 amide bonds. The van der Waals surface area contributed by atoms with E-state index in [1.807, 2.05) is 0 Å². The van der Waals surface area contributed by atoms with Gasteiger partial charge in [0.05, 0.1) is 5.75 Å². The summed E-state index contributed by atoms with van der Waals surface area (Å²) in [6.45, 7) is 0. The Balaban J connectivity index is 2.99. The molecular formula is C7H8ClNO2S. The number of aromatic nitrogens is 1. The average molecular weight is 206 g/mol. The molecular weight excluding hydrogens is 198 g/mol. The molecule has 0 saturated carbocycles. The Morgan fingerprint density at radius 2 is 2.17 bits per heavy atom. The maximum atomic E-state index is 11.3. The topological polar surface area (TPSA) is 47.0 Å². The van der Waals surface area contributed by atoms with Crippen LogP contribution in [0.5, 0.6) is 0 Å². The molecule has 1 rings (SSSR count). The number of sulfone groups is 1. The van der Waals surface area contributed by atoms with E-state index in [1.54, 1.807) is 12.1 Å². The summed E-state index contributed by atoms with van der Waals surface area (Å²) in [7, 11) is -3.25. The van der Waals surface area contributed by atoms with E-state index < -0.39 is 9.84 Å². The quantitative estimate of drug-likeness (QED) is 0.695. The predicted octanol–water partition coefficient (Wildman–Crippen LogP) is 1.09. The normalized spacial score (nSPS) is 11.4. The number of nitrogens with zero attached hydrogens (tertiary/aromatic N) is 1. The number of hydrogen-bond donors (Lipinski definition) is 0. The zero-order valence-electron chi connectivity index (χ0n) is 6.27. The summed E-state index contributed by atoms with van der Waals surface area (Å²) in [5, 5.41) is 0.0886. The molecule has 0 radical (unpaired) electrons. The van der Waals surface area contributed by atoms with E-state index >= 15 is 0 Å². The summed E-state index contributed by atoms with van der Waals surface area (Å²) < 4.78 is 22.6. The van der Waals surface area contributed by atoms with Crippen LogP contribution in [0.1, 0.15) is 0 Å². The van der Waals surface area contributed by atoms with Crippen molar-refractivity contribution in [3.63, 3.8) is 0 Å². The van der Waals surface area contributed by atoms with Crippen LogP contribution in [0.3, 0.4) is 0 Å². The Bertz CT molecular complexity index is 336. The molecule has 0 aliphatic rings. The van der Waals surface area contributed by atoms with E-state index in [4.69, 9.17) is 11.6 Å². The number of rotatable bonds is 3. The van der Waals surface area contributed by atoms with Gasteiger partial charge in [0, 0.05) is 12.1 Å². The Morgan fingerprint density at radius 3 is 2.67 bits per heavy atom. The van der Waals surface area contributed by atoms with Gasteiger partial charge in [-0.2, -0.15) is 0 Å². The largest absolute Gasteiger partial charge is 0.245 e. The summed E-state index contributed by atoms with van der Waals surface area (Å²) in [5.41, 5.74) is 0. The minimum Gasteiger partial charge on any atom is -0.245 e. The van der Waals surface area contributed by atoms with Crippen molar-refractivity contribution in [2.45, 2.75) is 5.03 Å². The van der Waals surface area contributed by atoms with E-state index in [1.165, 1.54) is 12.3 Å². The number of pyridine rings is 1. The molecule has 5 heteroatoms. The zero-order valence-corrected chi connectivity index (χ0v) is 7.85. The molecule has 0 atom stereocenters. The molecule has 1 aromatic rings. The lowest BCUT2D eigenvalue weighted by Gasteiger charge is -1.98. The van der Waals surface area contributed by atoms with Crippen LogP contribution in [0.15, 0.2) is 29.4 Å². The first-order valence-electron chi connectivity index (χ1n) is 3.36. The highest BCUT2D eigenvalue weighted by molar-refractivity contribution is 7.91. The second-order valence-electron chi connectivity index (χ2n) is 2.18. The summed E-state index contributed by atoms with van der Waals surface area (Å²) in [5.74, 6) is 0.0322. The average Bonchev–Trinajstić information content (AvgIpc) is 2.06. The van der Waals surface area contributed by atoms with Crippen LogP contribution in [0.4, 0.5) is 0 Å². The number of alkyl halides is 1. The maximum Gasteiger partial charge on any atom is 0.196 e. The molecule has 12 heavy (non-hydrogen) atoms. The van der Waals surface area contributed by atoms with Crippen LogP contribution in [-0.4, -0.2) is 25.0 Å². The van der Waals surface area contributed by atoms with Crippen molar-refractivity contribution in [1.82, 2.24) is 4.98 Å². The first-order valence-corrected chi connectivity index (χ1v) is 5.55. The van der Waals surface area contributed by atoms with E-state index in [-0.39, 0.29) is 16.7 Å². The fraction of sp³-hybridized carbons (Fsp3) is 0.286. The summed E-state index contributed by atoms with van der Waals surface area (Å²) in [4.78, 5) is 3.72. The van der Waals surface area contributed by atoms with Crippen molar-refractivity contribution >= 4 is 21.4 Å². The van der Waals surface area contributed by atoms with E-state index in [0.717, 1.165) is 0 Å². The van der Waals surface area contributed by atoms with E-state index in [2.05, 4.69) is 4.98 Å². The molecule has 0 unspecified atom stereocenters. The lowest BCUT2D eigenvalue weighted by atomic mass is 10.5. The van der Waals surface area contributed by atoms with Gasteiger partial charge in [-0.05, 0) is 12.1 Å². The molecule has 0 saturated heterocycles. The van der Waals surface area contributed by atoms with Crippen LogP contribution >= 0.6 is 11.6 Å². The van der Waals surface area contributed by atoms with Crippen LogP contribution in [0.2, 0.25) is 0 Å². The fourth-order valence-electron chi connectivity index (χ4n) is 0.737. The van der Waals surface area contributed by atoms with Gasteiger partial charge in [0.2, 0.25) is 0 Å². The highest BCUT2D eigenvalue weighted by atomic mass is 35.5. The van der Waals surface area contributed by atoms with Crippen molar-refractivity contribution < 1.29 is 8.42 Å². The van der Waals surface area contributed by atoms with Gasteiger partial charge in [-0.3, -0.25) is 0 Å². The van der Waals surface area contributed by atoms with Crippen molar-refractivity contribution in [2.75, 3.05) is 11.6 Å². The van der Waals surface area contributed by atoms with Gasteiger partial charge in [0.1, 0.15) is 0 Å². The first kappa shape index (κ1) is 9.48. The third-order valence-corrected chi connectivity index (χ3v) is 3.34. The number of hydrogen-bond acceptors (Lipinski definition) is 3. The van der Waals surface area contributed by atoms with Gasteiger partial charge in [-0.25, -0.2) is 13.4 Å². The maximum absolute atomic E-state index is 11.3. The van der Waals surface area contributed by atoms with Crippen molar-refractivity contribution in [3.8, 4) is 0 Å². The highest BCUT2D eigenvalue weighted by Gasteiger charge is 2.13. The molecule has 0 aliphatic carbocycles. The smallest absolute Gasteiger partial charge is 0.196 e. The summed E-state index contributed by atoms with van der Waals surface area (Å²) in [6, 6.07) is 4.76. The van der Waals surface area contributed by atoms with Gasteiger partial charge < -0.3 is 0 Å². The fourth-order valence-corrected chi connectivity index (χ4v) is 2.27. The number of halogens is 1. The molecule has 0 spiro atoms. The third-order valence-electron chi connectivity index (χ3n) is 1.30. The van der Waals surface area contributed by atoms with Gasteiger partial charge >= 0.3 is 0 Å². The van der Waals surface area contributed by atoms with Gasteiger partial charge in [0.15, 0.2) is 14.9 Å². The van der Waals surface area contributed by atoms with Crippen LogP contribution < -0.4 is 0 Å². The van der Waals surface area contributed by atoms with Crippen LogP contribution in [0, 0.1) is 0 Å². The molecule has 3 nitrogen and oxygen atoms in total. The van der Waals surface area contributed by atoms with E-state index in [9.17, 15) is 8.42 Å². The van der Waals surface area contributed by atoms with Gasteiger partial charge in [-0.15, -0.1) is 11.6 Å². The molecule has 1 heterocycles. The summed E-state index contributed by atoms with van der Waals surface area (Å²) in [6.07, 6.45) is 1.45.